The van der Waals surface area contributed by atoms with Gasteiger partial charge in [0.25, 0.3) is 0 Å². The lowest BCUT2D eigenvalue weighted by Gasteiger charge is -2.03. The third kappa shape index (κ3) is 2.81. The fourth-order valence-corrected chi connectivity index (χ4v) is 2.84. The van der Waals surface area contributed by atoms with Crippen molar-refractivity contribution in [1.29, 1.82) is 0 Å². The molecule has 80 valence electrons. The van der Waals surface area contributed by atoms with Crippen LogP contribution >= 0.6 is 22.7 Å². The van der Waals surface area contributed by atoms with Crippen molar-refractivity contribution in [2.45, 2.75) is 13.1 Å². The van der Waals surface area contributed by atoms with E-state index in [1.807, 2.05) is 6.07 Å². The molecule has 0 aliphatic carbocycles. The van der Waals surface area contributed by atoms with E-state index in [1.165, 1.54) is 9.75 Å². The standard InChI is InChI=1S/C11H13NOS2/c1-13-10-4-6-15-11(10)8-12-7-9-3-2-5-14-9/h2-6,12H,7-8H2,1H3. The van der Waals surface area contributed by atoms with Gasteiger partial charge >= 0.3 is 0 Å². The number of ether oxygens (including phenoxy) is 1. The minimum Gasteiger partial charge on any atom is -0.496 e. The van der Waals surface area contributed by atoms with Crippen molar-refractivity contribution >= 4 is 22.7 Å². The Bertz CT molecular complexity index is 394. The van der Waals surface area contributed by atoms with Gasteiger partial charge in [-0.3, -0.25) is 0 Å². The maximum atomic E-state index is 5.25. The molecule has 0 aliphatic heterocycles. The van der Waals surface area contributed by atoms with E-state index in [1.54, 1.807) is 29.8 Å². The summed E-state index contributed by atoms with van der Waals surface area (Å²) in [5.41, 5.74) is 0. The van der Waals surface area contributed by atoms with Crippen molar-refractivity contribution in [3.8, 4) is 5.75 Å². The fraction of sp³-hybridized carbons (Fsp3) is 0.273. The van der Waals surface area contributed by atoms with Crippen LogP contribution in [0.5, 0.6) is 5.75 Å². The van der Waals surface area contributed by atoms with E-state index in [0.29, 0.717) is 0 Å². The minimum absolute atomic E-state index is 0.874. The maximum Gasteiger partial charge on any atom is 0.134 e. The third-order valence-corrected chi connectivity index (χ3v) is 3.87. The van der Waals surface area contributed by atoms with Crippen molar-refractivity contribution < 1.29 is 4.74 Å². The molecule has 0 bridgehead atoms. The van der Waals surface area contributed by atoms with Crippen LogP contribution in [0.15, 0.2) is 29.0 Å². The van der Waals surface area contributed by atoms with E-state index >= 15 is 0 Å². The number of methoxy groups -OCH3 is 1. The van der Waals surface area contributed by atoms with Crippen LogP contribution < -0.4 is 10.1 Å². The van der Waals surface area contributed by atoms with Crippen molar-refractivity contribution in [3.63, 3.8) is 0 Å². The van der Waals surface area contributed by atoms with Gasteiger partial charge in [0.2, 0.25) is 0 Å². The van der Waals surface area contributed by atoms with Crippen LogP contribution in [0.4, 0.5) is 0 Å². The van der Waals surface area contributed by atoms with Crippen LogP contribution in [0, 0.1) is 0 Å². The molecule has 0 aliphatic rings. The zero-order valence-electron chi connectivity index (χ0n) is 8.53. The van der Waals surface area contributed by atoms with Gasteiger partial charge in [-0.2, -0.15) is 0 Å². The Labute approximate surface area is 97.5 Å². The number of rotatable bonds is 5. The molecule has 2 aromatic rings. The normalized spacial score (nSPS) is 10.5. The molecule has 15 heavy (non-hydrogen) atoms. The lowest BCUT2D eigenvalue weighted by atomic mass is 10.4. The van der Waals surface area contributed by atoms with Gasteiger partial charge in [-0.25, -0.2) is 0 Å². The van der Waals surface area contributed by atoms with Crippen LogP contribution in [0.3, 0.4) is 0 Å². The van der Waals surface area contributed by atoms with Crippen molar-refractivity contribution in [2.24, 2.45) is 0 Å². The van der Waals surface area contributed by atoms with Gasteiger partial charge in [0.05, 0.1) is 12.0 Å². The summed E-state index contributed by atoms with van der Waals surface area (Å²) < 4.78 is 5.25. The van der Waals surface area contributed by atoms with E-state index < -0.39 is 0 Å². The Kier molecular flexibility index (Phi) is 3.77. The molecule has 0 amide bonds. The second-order valence-corrected chi connectivity index (χ2v) is 5.13. The molecule has 0 aromatic carbocycles. The number of nitrogens with one attached hydrogen (secondary N) is 1. The molecular formula is C11H13NOS2. The Morgan fingerprint density at radius 3 is 2.87 bits per heavy atom. The summed E-state index contributed by atoms with van der Waals surface area (Å²) >= 11 is 3.51. The van der Waals surface area contributed by atoms with Crippen LogP contribution in [-0.2, 0) is 13.1 Å². The summed E-state index contributed by atoms with van der Waals surface area (Å²) in [7, 11) is 1.71. The van der Waals surface area contributed by atoms with Crippen LogP contribution in [0.1, 0.15) is 9.75 Å². The Balaban J connectivity index is 1.83. The van der Waals surface area contributed by atoms with Crippen molar-refractivity contribution in [1.82, 2.24) is 5.32 Å². The molecule has 0 saturated heterocycles. The Hall–Kier alpha value is -0.840. The molecule has 2 rings (SSSR count). The smallest absolute Gasteiger partial charge is 0.134 e. The first-order valence-electron chi connectivity index (χ1n) is 4.73. The van der Waals surface area contributed by atoms with E-state index in [0.717, 1.165) is 18.8 Å². The third-order valence-electron chi connectivity index (χ3n) is 2.09. The quantitative estimate of drug-likeness (QED) is 0.865. The van der Waals surface area contributed by atoms with Gasteiger partial charge < -0.3 is 10.1 Å². The molecule has 0 fully saturated rings. The highest BCUT2D eigenvalue weighted by atomic mass is 32.1. The van der Waals surface area contributed by atoms with Gasteiger partial charge in [0, 0.05) is 18.0 Å². The highest BCUT2D eigenvalue weighted by molar-refractivity contribution is 7.10. The van der Waals surface area contributed by atoms with Gasteiger partial charge in [-0.1, -0.05) is 6.07 Å². The molecule has 4 heteroatoms. The van der Waals surface area contributed by atoms with Crippen molar-refractivity contribution in [3.05, 3.63) is 38.7 Å². The molecular weight excluding hydrogens is 226 g/mol. The summed E-state index contributed by atoms with van der Waals surface area (Å²) in [6, 6.07) is 6.23. The summed E-state index contributed by atoms with van der Waals surface area (Å²) in [6.07, 6.45) is 0. The van der Waals surface area contributed by atoms with Crippen LogP contribution in [0.2, 0.25) is 0 Å². The lowest BCUT2D eigenvalue weighted by Crippen LogP contribution is -2.11. The fourth-order valence-electron chi connectivity index (χ4n) is 1.35. The van der Waals surface area contributed by atoms with Crippen LogP contribution in [-0.4, -0.2) is 7.11 Å². The average Bonchev–Trinajstić information content (AvgIpc) is 2.88. The summed E-state index contributed by atoms with van der Waals surface area (Å²) in [5.74, 6) is 0.985. The van der Waals surface area contributed by atoms with E-state index in [2.05, 4.69) is 28.2 Å². The van der Waals surface area contributed by atoms with E-state index in [9.17, 15) is 0 Å². The maximum absolute atomic E-state index is 5.25. The zero-order chi connectivity index (χ0) is 10.5. The first-order chi connectivity index (χ1) is 7.40. The summed E-state index contributed by atoms with van der Waals surface area (Å²) in [4.78, 5) is 2.62. The van der Waals surface area contributed by atoms with Gasteiger partial charge in [0.15, 0.2) is 0 Å². The van der Waals surface area contributed by atoms with Gasteiger partial charge in [-0.15, -0.1) is 22.7 Å². The SMILES string of the molecule is COc1ccsc1CNCc1cccs1. The Morgan fingerprint density at radius 2 is 2.13 bits per heavy atom. The predicted octanol–water partition coefficient (Wildman–Crippen LogP) is 3.11. The second-order valence-electron chi connectivity index (χ2n) is 3.10. The largest absolute Gasteiger partial charge is 0.496 e. The average molecular weight is 239 g/mol. The Morgan fingerprint density at radius 1 is 1.20 bits per heavy atom. The van der Waals surface area contributed by atoms with Crippen molar-refractivity contribution in [2.75, 3.05) is 7.11 Å². The molecule has 0 saturated carbocycles. The predicted molar refractivity (Wildman–Crippen MR) is 65.7 cm³/mol. The number of hydrogen-bond donors (Lipinski definition) is 1. The molecule has 1 N–H and O–H groups in total. The lowest BCUT2D eigenvalue weighted by molar-refractivity contribution is 0.410. The number of thiophene rings is 2. The highest BCUT2D eigenvalue weighted by Gasteiger charge is 2.03. The zero-order valence-corrected chi connectivity index (χ0v) is 10.2. The van der Waals surface area contributed by atoms with E-state index in [4.69, 9.17) is 4.74 Å². The van der Waals surface area contributed by atoms with Gasteiger partial charge in [0.1, 0.15) is 5.75 Å². The summed E-state index contributed by atoms with van der Waals surface area (Å²) in [6.45, 7) is 1.80. The van der Waals surface area contributed by atoms with Gasteiger partial charge in [-0.05, 0) is 22.9 Å². The molecule has 0 unspecified atom stereocenters. The molecule has 0 radical (unpaired) electrons. The molecule has 2 heterocycles. The number of hydrogen-bond acceptors (Lipinski definition) is 4. The second kappa shape index (κ2) is 5.30. The summed E-state index contributed by atoms with van der Waals surface area (Å²) in [5, 5.41) is 7.56. The minimum atomic E-state index is 0.874. The van der Waals surface area contributed by atoms with E-state index in [-0.39, 0.29) is 0 Å². The first kappa shape index (κ1) is 10.7. The molecule has 0 spiro atoms. The first-order valence-corrected chi connectivity index (χ1v) is 6.49. The highest BCUT2D eigenvalue weighted by Crippen LogP contribution is 2.24. The monoisotopic (exact) mass is 239 g/mol. The molecule has 2 nitrogen and oxygen atoms in total. The molecule has 0 atom stereocenters. The van der Waals surface area contributed by atoms with Crippen LogP contribution in [0.25, 0.3) is 0 Å². The molecule has 2 aromatic heterocycles. The topological polar surface area (TPSA) is 21.3 Å².